The summed E-state index contributed by atoms with van der Waals surface area (Å²) in [6.07, 6.45) is 6.16. The second-order valence-corrected chi connectivity index (χ2v) is 7.03. The quantitative estimate of drug-likeness (QED) is 0.727. The molecule has 0 aromatic carbocycles. The van der Waals surface area contributed by atoms with Crippen molar-refractivity contribution < 1.29 is 9.59 Å². The monoisotopic (exact) mass is 371 g/mol. The largest absolute Gasteiger partial charge is 0.351 e. The van der Waals surface area contributed by atoms with Crippen molar-refractivity contribution in [2.45, 2.75) is 39.0 Å². The van der Waals surface area contributed by atoms with Crippen LogP contribution in [0.3, 0.4) is 0 Å². The van der Waals surface area contributed by atoms with Crippen LogP contribution >= 0.6 is 0 Å². The van der Waals surface area contributed by atoms with Crippen molar-refractivity contribution in [3.05, 3.63) is 35.8 Å². The number of imidazole rings is 1. The molecule has 1 fully saturated rings. The lowest BCUT2D eigenvalue weighted by Crippen LogP contribution is -2.34. The van der Waals surface area contributed by atoms with E-state index in [-0.39, 0.29) is 11.8 Å². The molecule has 2 aromatic rings. The summed E-state index contributed by atoms with van der Waals surface area (Å²) in [6, 6.07) is 5.69. The Morgan fingerprint density at radius 1 is 1.19 bits per heavy atom. The van der Waals surface area contributed by atoms with Crippen LogP contribution < -0.4 is 10.6 Å². The van der Waals surface area contributed by atoms with Gasteiger partial charge in [0.1, 0.15) is 11.3 Å². The fourth-order valence-corrected chi connectivity index (χ4v) is 3.50. The van der Waals surface area contributed by atoms with Crippen LogP contribution in [0.1, 0.15) is 48.3 Å². The van der Waals surface area contributed by atoms with Gasteiger partial charge in [0.2, 0.25) is 5.91 Å². The minimum atomic E-state index is -0.0978. The van der Waals surface area contributed by atoms with Crippen molar-refractivity contribution in [1.29, 1.82) is 0 Å². The molecule has 0 saturated carbocycles. The first-order chi connectivity index (χ1) is 13.2. The topological polar surface area (TPSA) is 78.7 Å². The van der Waals surface area contributed by atoms with Gasteiger partial charge in [0.15, 0.2) is 0 Å². The molecule has 0 bridgehead atoms. The van der Waals surface area contributed by atoms with E-state index in [0.29, 0.717) is 18.7 Å². The molecular formula is C20H29N5O2. The van der Waals surface area contributed by atoms with Crippen LogP contribution in [0.2, 0.25) is 0 Å². The summed E-state index contributed by atoms with van der Waals surface area (Å²) >= 11 is 0. The number of aryl methyl sites for hydroxylation is 1. The fraction of sp³-hybridized carbons (Fsp3) is 0.550. The molecule has 27 heavy (non-hydrogen) atoms. The number of carbonyl (C=O) groups is 2. The Balaban J connectivity index is 1.37. The molecule has 0 unspecified atom stereocenters. The van der Waals surface area contributed by atoms with Gasteiger partial charge in [0.05, 0.1) is 5.69 Å². The van der Waals surface area contributed by atoms with E-state index in [1.165, 1.54) is 0 Å². The van der Waals surface area contributed by atoms with E-state index < -0.39 is 0 Å². The SMILES string of the molecule is Cc1nc2ccccn2c1C(=O)NCCCCCC(=O)N1CCCNCC1. The number of fused-ring (bicyclic) bond motifs is 1. The normalized spacial score (nSPS) is 14.9. The number of nitrogens with one attached hydrogen (secondary N) is 2. The lowest BCUT2D eigenvalue weighted by atomic mass is 10.1. The van der Waals surface area contributed by atoms with Crippen LogP contribution in [0.5, 0.6) is 0 Å². The van der Waals surface area contributed by atoms with Crippen molar-refractivity contribution in [3.63, 3.8) is 0 Å². The maximum atomic E-state index is 12.5. The van der Waals surface area contributed by atoms with Crippen LogP contribution in [0, 0.1) is 6.92 Å². The minimum Gasteiger partial charge on any atom is -0.351 e. The average Bonchev–Trinajstić information content (AvgIpc) is 2.83. The third-order valence-electron chi connectivity index (χ3n) is 4.97. The Morgan fingerprint density at radius 2 is 2.07 bits per heavy atom. The first-order valence-corrected chi connectivity index (χ1v) is 9.87. The predicted molar refractivity (Wildman–Crippen MR) is 105 cm³/mol. The molecule has 3 heterocycles. The van der Waals surface area contributed by atoms with E-state index in [9.17, 15) is 9.59 Å². The van der Waals surface area contributed by atoms with E-state index >= 15 is 0 Å². The molecule has 0 aliphatic carbocycles. The minimum absolute atomic E-state index is 0.0978. The summed E-state index contributed by atoms with van der Waals surface area (Å²) < 4.78 is 1.82. The Hall–Kier alpha value is -2.41. The number of carbonyl (C=O) groups excluding carboxylic acids is 2. The zero-order valence-electron chi connectivity index (χ0n) is 16.0. The van der Waals surface area contributed by atoms with Gasteiger partial charge in [0.25, 0.3) is 5.91 Å². The zero-order chi connectivity index (χ0) is 19.1. The van der Waals surface area contributed by atoms with Gasteiger partial charge in [-0.2, -0.15) is 0 Å². The van der Waals surface area contributed by atoms with Crippen LogP contribution in [-0.4, -0.2) is 58.8 Å². The fourth-order valence-electron chi connectivity index (χ4n) is 3.50. The first-order valence-electron chi connectivity index (χ1n) is 9.87. The second kappa shape index (κ2) is 9.50. The third-order valence-corrected chi connectivity index (χ3v) is 4.97. The van der Waals surface area contributed by atoms with Crippen LogP contribution in [0.25, 0.3) is 5.65 Å². The lowest BCUT2D eigenvalue weighted by molar-refractivity contribution is -0.131. The molecule has 0 atom stereocenters. The van der Waals surface area contributed by atoms with Gasteiger partial charge in [-0.05, 0) is 44.9 Å². The number of unbranched alkanes of at least 4 members (excludes halogenated alkanes) is 2. The Kier molecular flexibility index (Phi) is 6.81. The summed E-state index contributed by atoms with van der Waals surface area (Å²) in [5.74, 6) is 0.156. The van der Waals surface area contributed by atoms with Crippen LogP contribution in [0.15, 0.2) is 24.4 Å². The summed E-state index contributed by atoms with van der Waals surface area (Å²) in [6.45, 7) is 6.02. The third kappa shape index (κ3) is 5.07. The average molecular weight is 371 g/mol. The Morgan fingerprint density at radius 3 is 2.96 bits per heavy atom. The highest BCUT2D eigenvalue weighted by molar-refractivity contribution is 5.94. The lowest BCUT2D eigenvalue weighted by Gasteiger charge is -2.19. The number of pyridine rings is 1. The number of nitrogens with zero attached hydrogens (tertiary/aromatic N) is 3. The summed E-state index contributed by atoms with van der Waals surface area (Å²) in [5, 5.41) is 6.29. The predicted octanol–water partition coefficient (Wildman–Crippen LogP) is 1.75. The highest BCUT2D eigenvalue weighted by atomic mass is 16.2. The van der Waals surface area contributed by atoms with E-state index in [4.69, 9.17) is 0 Å². The molecule has 2 amide bonds. The molecule has 0 spiro atoms. The molecule has 3 rings (SSSR count). The summed E-state index contributed by atoms with van der Waals surface area (Å²) in [4.78, 5) is 31.1. The van der Waals surface area contributed by atoms with Crippen molar-refractivity contribution in [1.82, 2.24) is 24.9 Å². The van der Waals surface area contributed by atoms with E-state index in [2.05, 4.69) is 15.6 Å². The van der Waals surface area contributed by atoms with Crippen LogP contribution in [-0.2, 0) is 4.79 Å². The van der Waals surface area contributed by atoms with E-state index in [0.717, 1.165) is 63.2 Å². The molecule has 7 nitrogen and oxygen atoms in total. The highest BCUT2D eigenvalue weighted by Crippen LogP contribution is 2.11. The molecule has 1 aliphatic heterocycles. The molecule has 7 heteroatoms. The van der Waals surface area contributed by atoms with Crippen LogP contribution in [0.4, 0.5) is 0 Å². The van der Waals surface area contributed by atoms with E-state index in [1.54, 1.807) is 0 Å². The van der Waals surface area contributed by atoms with Gasteiger partial charge in [-0.1, -0.05) is 12.5 Å². The zero-order valence-corrected chi connectivity index (χ0v) is 16.0. The standard InChI is InChI=1S/C20H29N5O2/c1-16-19(25-14-6-4-8-17(25)23-16)20(27)22-11-5-2-3-9-18(26)24-13-7-10-21-12-15-24/h4,6,8,14,21H,2-3,5,7,9-13,15H2,1H3,(H,22,27). The maximum absolute atomic E-state index is 12.5. The second-order valence-electron chi connectivity index (χ2n) is 7.03. The van der Waals surface area contributed by atoms with Gasteiger partial charge in [0, 0.05) is 38.8 Å². The summed E-state index contributed by atoms with van der Waals surface area (Å²) in [5.41, 5.74) is 2.11. The molecule has 2 aromatic heterocycles. The molecule has 1 aliphatic rings. The van der Waals surface area contributed by atoms with Crippen molar-refractivity contribution >= 4 is 17.5 Å². The number of amides is 2. The number of aromatic nitrogens is 2. The van der Waals surface area contributed by atoms with Crippen molar-refractivity contribution in [2.75, 3.05) is 32.7 Å². The smallest absolute Gasteiger partial charge is 0.270 e. The molecule has 2 N–H and O–H groups in total. The molecule has 0 radical (unpaired) electrons. The van der Waals surface area contributed by atoms with Gasteiger partial charge < -0.3 is 15.5 Å². The Bertz CT molecular complexity index is 778. The van der Waals surface area contributed by atoms with E-state index in [1.807, 2.05) is 40.6 Å². The molecule has 1 saturated heterocycles. The Labute approximate surface area is 160 Å². The van der Waals surface area contributed by atoms with Crippen molar-refractivity contribution in [3.8, 4) is 0 Å². The van der Waals surface area contributed by atoms with Gasteiger partial charge in [-0.3, -0.25) is 14.0 Å². The van der Waals surface area contributed by atoms with Gasteiger partial charge in [-0.25, -0.2) is 4.98 Å². The van der Waals surface area contributed by atoms with Crippen molar-refractivity contribution in [2.24, 2.45) is 0 Å². The molecule has 146 valence electrons. The number of hydrogen-bond acceptors (Lipinski definition) is 4. The first kappa shape index (κ1) is 19.4. The number of rotatable bonds is 7. The van der Waals surface area contributed by atoms with Gasteiger partial charge in [-0.15, -0.1) is 0 Å². The molecular weight excluding hydrogens is 342 g/mol. The highest BCUT2D eigenvalue weighted by Gasteiger charge is 2.16. The summed E-state index contributed by atoms with van der Waals surface area (Å²) in [7, 11) is 0. The maximum Gasteiger partial charge on any atom is 0.270 e. The number of hydrogen-bond donors (Lipinski definition) is 2. The van der Waals surface area contributed by atoms with Gasteiger partial charge >= 0.3 is 0 Å².